The van der Waals surface area contributed by atoms with Crippen LogP contribution in [0.4, 0.5) is 0 Å². The van der Waals surface area contributed by atoms with Crippen molar-refractivity contribution < 1.29 is 4.79 Å². The highest BCUT2D eigenvalue weighted by atomic mass is 16.1. The molecule has 0 aromatic carbocycles. The molecule has 1 aromatic heterocycles. The fourth-order valence-corrected chi connectivity index (χ4v) is 0.879. The van der Waals surface area contributed by atoms with Crippen molar-refractivity contribution in [2.45, 2.75) is 13.3 Å². The molecule has 0 unspecified atom stereocenters. The van der Waals surface area contributed by atoms with E-state index in [9.17, 15) is 4.79 Å². The van der Waals surface area contributed by atoms with Gasteiger partial charge in [0.2, 0.25) is 0 Å². The Kier molecular flexibility index (Phi) is 4.15. The van der Waals surface area contributed by atoms with Gasteiger partial charge in [0.05, 0.1) is 0 Å². The second-order valence-electron chi connectivity index (χ2n) is 2.53. The van der Waals surface area contributed by atoms with Gasteiger partial charge < -0.3 is 5.32 Å². The molecule has 0 aliphatic rings. The smallest absolute Gasteiger partial charge is 0.270 e. The lowest BCUT2D eigenvalue weighted by atomic mass is 10.3. The van der Waals surface area contributed by atoms with Gasteiger partial charge in [-0.2, -0.15) is 0 Å². The number of amides is 1. The van der Waals surface area contributed by atoms with Gasteiger partial charge >= 0.3 is 0 Å². The van der Waals surface area contributed by atoms with Gasteiger partial charge in [0, 0.05) is 19.2 Å². The average molecular weight is 189 g/mol. The maximum Gasteiger partial charge on any atom is 0.270 e. The molecule has 0 saturated heterocycles. The van der Waals surface area contributed by atoms with Crippen molar-refractivity contribution >= 4 is 5.91 Å². The average Bonchev–Trinajstić information content (AvgIpc) is 2.25. The summed E-state index contributed by atoms with van der Waals surface area (Å²) >= 11 is 0. The minimum atomic E-state index is -0.190. The van der Waals surface area contributed by atoms with E-state index in [-0.39, 0.29) is 5.91 Å². The van der Waals surface area contributed by atoms with Crippen molar-refractivity contribution in [1.29, 1.82) is 0 Å². The van der Waals surface area contributed by atoms with Crippen molar-refractivity contribution in [3.8, 4) is 11.8 Å². The van der Waals surface area contributed by atoms with E-state index in [1.165, 1.54) is 12.5 Å². The third-order valence-electron chi connectivity index (χ3n) is 1.53. The maximum absolute atomic E-state index is 11.4. The molecular weight excluding hydrogens is 178 g/mol. The van der Waals surface area contributed by atoms with Gasteiger partial charge in [0.1, 0.15) is 12.0 Å². The Morgan fingerprint density at radius 2 is 2.50 bits per heavy atom. The molecule has 0 radical (unpaired) electrons. The Labute approximate surface area is 82.8 Å². The van der Waals surface area contributed by atoms with Crippen molar-refractivity contribution in [1.82, 2.24) is 15.3 Å². The molecule has 1 amide bonds. The topological polar surface area (TPSA) is 54.9 Å². The predicted molar refractivity (Wildman–Crippen MR) is 52.4 cm³/mol. The zero-order valence-corrected chi connectivity index (χ0v) is 7.95. The van der Waals surface area contributed by atoms with Crippen molar-refractivity contribution in [2.24, 2.45) is 0 Å². The van der Waals surface area contributed by atoms with Crippen LogP contribution < -0.4 is 5.32 Å². The molecule has 4 heteroatoms. The summed E-state index contributed by atoms with van der Waals surface area (Å²) in [7, 11) is 0. The molecule has 4 nitrogen and oxygen atoms in total. The molecule has 0 atom stereocenters. The van der Waals surface area contributed by atoms with E-state index in [0.29, 0.717) is 18.7 Å². The minimum absolute atomic E-state index is 0.190. The molecule has 0 aliphatic carbocycles. The standard InChI is InChI=1S/C10H11N3O/c1-2-3-4-6-12-10(14)9-5-7-11-8-13-9/h5,7-8H,4,6H2,1H3,(H,12,14). The number of rotatable bonds is 3. The minimum Gasteiger partial charge on any atom is -0.350 e. The van der Waals surface area contributed by atoms with Gasteiger partial charge in [-0.05, 0) is 13.0 Å². The zero-order chi connectivity index (χ0) is 10.2. The fraction of sp³-hybridized carbons (Fsp3) is 0.300. The van der Waals surface area contributed by atoms with Crippen LogP contribution in [0.15, 0.2) is 18.6 Å². The van der Waals surface area contributed by atoms with Crippen LogP contribution in [0.1, 0.15) is 23.8 Å². The van der Waals surface area contributed by atoms with E-state index in [2.05, 4.69) is 27.1 Å². The zero-order valence-electron chi connectivity index (χ0n) is 7.95. The molecule has 1 N–H and O–H groups in total. The van der Waals surface area contributed by atoms with Crippen LogP contribution in [0, 0.1) is 11.8 Å². The Bertz CT molecular complexity index is 351. The third kappa shape index (κ3) is 3.23. The molecule has 1 heterocycles. The highest BCUT2D eigenvalue weighted by molar-refractivity contribution is 5.91. The summed E-state index contributed by atoms with van der Waals surface area (Å²) in [5.41, 5.74) is 0.379. The van der Waals surface area contributed by atoms with Crippen LogP contribution >= 0.6 is 0 Å². The third-order valence-corrected chi connectivity index (χ3v) is 1.53. The van der Waals surface area contributed by atoms with Crippen LogP contribution in [0.25, 0.3) is 0 Å². The molecule has 1 rings (SSSR count). The number of carbonyl (C=O) groups excluding carboxylic acids is 1. The molecule has 1 aromatic rings. The second kappa shape index (κ2) is 5.70. The summed E-state index contributed by atoms with van der Waals surface area (Å²) in [5, 5.41) is 2.70. The Morgan fingerprint density at radius 3 is 3.14 bits per heavy atom. The first-order chi connectivity index (χ1) is 6.84. The van der Waals surface area contributed by atoms with Gasteiger partial charge in [-0.3, -0.25) is 4.79 Å². The van der Waals surface area contributed by atoms with Gasteiger partial charge in [-0.1, -0.05) is 0 Å². The van der Waals surface area contributed by atoms with E-state index in [1.807, 2.05) is 0 Å². The number of hydrogen-bond donors (Lipinski definition) is 1. The first kappa shape index (κ1) is 10.2. The van der Waals surface area contributed by atoms with Crippen molar-refractivity contribution in [2.75, 3.05) is 6.54 Å². The summed E-state index contributed by atoms with van der Waals surface area (Å²) in [6.07, 6.45) is 3.54. The molecule has 0 spiro atoms. The molecule has 0 bridgehead atoms. The molecule has 0 aliphatic heterocycles. The van der Waals surface area contributed by atoms with Crippen LogP contribution in [0.5, 0.6) is 0 Å². The summed E-state index contributed by atoms with van der Waals surface area (Å²) in [4.78, 5) is 18.9. The first-order valence-corrected chi connectivity index (χ1v) is 4.28. The molecule has 72 valence electrons. The second-order valence-corrected chi connectivity index (χ2v) is 2.53. The summed E-state index contributed by atoms with van der Waals surface area (Å²) in [5.74, 6) is 5.42. The SMILES string of the molecule is CC#CCCNC(=O)c1ccncn1. The quantitative estimate of drug-likeness (QED) is 0.560. The number of hydrogen-bond acceptors (Lipinski definition) is 3. The van der Waals surface area contributed by atoms with Gasteiger partial charge in [-0.15, -0.1) is 11.8 Å². The summed E-state index contributed by atoms with van der Waals surface area (Å²) < 4.78 is 0. The molecule has 14 heavy (non-hydrogen) atoms. The number of nitrogens with zero attached hydrogens (tertiary/aromatic N) is 2. The molecule has 0 fully saturated rings. The van der Waals surface area contributed by atoms with E-state index in [4.69, 9.17) is 0 Å². The van der Waals surface area contributed by atoms with Crippen LogP contribution in [-0.2, 0) is 0 Å². The summed E-state index contributed by atoms with van der Waals surface area (Å²) in [6.45, 7) is 2.32. The lowest BCUT2D eigenvalue weighted by Gasteiger charge is -2.00. The first-order valence-electron chi connectivity index (χ1n) is 4.28. The lowest BCUT2D eigenvalue weighted by molar-refractivity contribution is 0.0949. The largest absolute Gasteiger partial charge is 0.350 e. The Morgan fingerprint density at radius 1 is 1.64 bits per heavy atom. The van der Waals surface area contributed by atoms with E-state index in [1.54, 1.807) is 13.0 Å². The normalized spacial score (nSPS) is 8.64. The van der Waals surface area contributed by atoms with Crippen LogP contribution in [-0.4, -0.2) is 22.4 Å². The Balaban J connectivity index is 2.39. The predicted octanol–water partition coefficient (Wildman–Crippen LogP) is 0.620. The van der Waals surface area contributed by atoms with Gasteiger partial charge in [0.25, 0.3) is 5.91 Å². The van der Waals surface area contributed by atoms with E-state index >= 15 is 0 Å². The van der Waals surface area contributed by atoms with Crippen LogP contribution in [0.3, 0.4) is 0 Å². The number of aromatic nitrogens is 2. The fourth-order valence-electron chi connectivity index (χ4n) is 0.879. The monoisotopic (exact) mass is 189 g/mol. The Hall–Kier alpha value is -1.89. The lowest BCUT2D eigenvalue weighted by Crippen LogP contribution is -2.25. The molecule has 0 saturated carbocycles. The van der Waals surface area contributed by atoms with E-state index < -0.39 is 0 Å². The highest BCUT2D eigenvalue weighted by Gasteiger charge is 2.03. The van der Waals surface area contributed by atoms with Gasteiger partial charge in [0.15, 0.2) is 0 Å². The molecular formula is C10H11N3O. The maximum atomic E-state index is 11.4. The number of carbonyl (C=O) groups is 1. The van der Waals surface area contributed by atoms with Gasteiger partial charge in [-0.25, -0.2) is 9.97 Å². The van der Waals surface area contributed by atoms with Crippen molar-refractivity contribution in [3.05, 3.63) is 24.3 Å². The van der Waals surface area contributed by atoms with Crippen molar-refractivity contribution in [3.63, 3.8) is 0 Å². The highest BCUT2D eigenvalue weighted by Crippen LogP contribution is 1.89. The number of nitrogens with one attached hydrogen (secondary N) is 1. The summed E-state index contributed by atoms with van der Waals surface area (Å²) in [6, 6.07) is 1.57. The van der Waals surface area contributed by atoms with E-state index in [0.717, 1.165) is 0 Å². The van der Waals surface area contributed by atoms with Crippen LogP contribution in [0.2, 0.25) is 0 Å².